The van der Waals surface area contributed by atoms with Gasteiger partial charge in [-0.15, -0.1) is 0 Å². The van der Waals surface area contributed by atoms with Gasteiger partial charge in [-0.2, -0.15) is 5.26 Å². The lowest BCUT2D eigenvalue weighted by Crippen LogP contribution is -2.44. The normalized spacial score (nSPS) is 16.8. The molecule has 54 heavy (non-hydrogen) atoms. The van der Waals surface area contributed by atoms with Crippen LogP contribution in [0.4, 0.5) is 19.3 Å². The fourth-order valence-corrected chi connectivity index (χ4v) is 7.65. The minimum atomic E-state index is -2.47. The van der Waals surface area contributed by atoms with Crippen molar-refractivity contribution in [2.45, 2.75) is 70.9 Å². The number of nitrogens with one attached hydrogen (secondary N) is 1. The lowest BCUT2D eigenvalue weighted by atomic mass is 9.82. The Bertz CT molecular complexity index is 1970. The summed E-state index contributed by atoms with van der Waals surface area (Å²) in [6.07, 6.45) is -0.830. The number of halogens is 2. The number of rotatable bonds is 13. The lowest BCUT2D eigenvalue weighted by molar-refractivity contribution is -0.143. The summed E-state index contributed by atoms with van der Waals surface area (Å²) in [6, 6.07) is 27.6. The summed E-state index contributed by atoms with van der Waals surface area (Å²) in [6.45, 7) is 11.0. The van der Waals surface area contributed by atoms with Gasteiger partial charge in [-0.3, -0.25) is 9.59 Å². The first-order valence-electron chi connectivity index (χ1n) is 17.8. The fourth-order valence-electron chi connectivity index (χ4n) is 6.34. The molecule has 5 rings (SSSR count). The van der Waals surface area contributed by atoms with Crippen LogP contribution in [0, 0.1) is 34.3 Å². The lowest BCUT2D eigenvalue weighted by Gasteiger charge is -2.37. The van der Waals surface area contributed by atoms with Gasteiger partial charge in [-0.25, -0.2) is 18.5 Å². The van der Waals surface area contributed by atoms with E-state index in [1.807, 2.05) is 50.0 Å². The molecule has 4 aromatic rings. The number of anilines is 1. The monoisotopic (exact) mass is 753 g/mol. The molecule has 1 aliphatic rings. The number of amides is 2. The van der Waals surface area contributed by atoms with E-state index < -0.39 is 66.9 Å². The second-order valence-corrected chi connectivity index (χ2v) is 19.8. The number of hydrogen-bond donors (Lipinski definition) is 1. The standard InChI is InChI=1S/C42H45F2N3O6Si/c1-41(2,3)39(49)52-34-22-12-29(13-23-34)37(46-33-20-18-32(44)19-21-33)35(38(48)47-36(26-51-40(47)50)28-10-8-7-9-11-28)24-25-42(27-45,53-54(4,5)6)30-14-16-31(43)17-15-30/h7-23,35-37,46H,24-26H2,1-6H3. The molecule has 4 unspecified atom stereocenters. The average Bonchev–Trinajstić information content (AvgIpc) is 3.52. The fraction of sp³-hybridized carbons (Fsp3) is 0.333. The smallest absolute Gasteiger partial charge is 0.417 e. The number of hydrogen-bond acceptors (Lipinski definition) is 8. The second kappa shape index (κ2) is 16.3. The van der Waals surface area contributed by atoms with Crippen LogP contribution >= 0.6 is 0 Å². The summed E-state index contributed by atoms with van der Waals surface area (Å²) in [5, 5.41) is 14.2. The van der Waals surface area contributed by atoms with Crippen LogP contribution in [0.1, 0.15) is 62.4 Å². The van der Waals surface area contributed by atoms with Gasteiger partial charge in [-0.1, -0.05) is 54.6 Å². The van der Waals surface area contributed by atoms with Crippen LogP contribution in [0.2, 0.25) is 19.6 Å². The van der Waals surface area contributed by atoms with Crippen LogP contribution in [0.25, 0.3) is 0 Å². The van der Waals surface area contributed by atoms with Gasteiger partial charge >= 0.3 is 12.1 Å². The van der Waals surface area contributed by atoms with Gasteiger partial charge in [0.2, 0.25) is 5.91 Å². The molecular formula is C42H45F2N3O6Si. The van der Waals surface area contributed by atoms with Crippen LogP contribution < -0.4 is 10.1 Å². The van der Waals surface area contributed by atoms with E-state index in [1.165, 1.54) is 48.5 Å². The van der Waals surface area contributed by atoms with Crippen molar-refractivity contribution in [2.75, 3.05) is 11.9 Å². The van der Waals surface area contributed by atoms with Gasteiger partial charge in [0.05, 0.1) is 17.4 Å². The van der Waals surface area contributed by atoms with E-state index in [2.05, 4.69) is 11.4 Å². The van der Waals surface area contributed by atoms with E-state index in [-0.39, 0.29) is 25.2 Å². The summed E-state index contributed by atoms with van der Waals surface area (Å²) in [5.41, 5.74) is -0.147. The number of benzene rings is 4. The third kappa shape index (κ3) is 9.58. The Labute approximate surface area is 316 Å². The van der Waals surface area contributed by atoms with Crippen molar-refractivity contribution in [2.24, 2.45) is 11.3 Å². The van der Waals surface area contributed by atoms with Gasteiger partial charge in [0.1, 0.15) is 36.1 Å². The van der Waals surface area contributed by atoms with Gasteiger partial charge in [-0.05, 0) is 118 Å². The Hall–Kier alpha value is -5.38. The van der Waals surface area contributed by atoms with Gasteiger partial charge in [0.25, 0.3) is 0 Å². The van der Waals surface area contributed by atoms with Crippen LogP contribution in [0.15, 0.2) is 103 Å². The van der Waals surface area contributed by atoms with Crippen LogP contribution in [-0.4, -0.2) is 37.8 Å². The van der Waals surface area contributed by atoms with E-state index in [1.54, 1.807) is 45.0 Å². The molecular weight excluding hydrogens is 709 g/mol. The number of ether oxygens (including phenoxy) is 2. The van der Waals surface area contributed by atoms with Crippen molar-refractivity contribution < 1.29 is 37.1 Å². The summed E-state index contributed by atoms with van der Waals surface area (Å²) in [5.74, 6) is -2.72. The largest absolute Gasteiger partial charge is 0.446 e. The maximum absolute atomic E-state index is 15.1. The number of nitrogens with zero attached hydrogens (tertiary/aromatic N) is 2. The molecule has 0 bridgehead atoms. The Morgan fingerprint density at radius 1 is 0.926 bits per heavy atom. The highest BCUT2D eigenvalue weighted by Crippen LogP contribution is 2.41. The molecule has 0 spiro atoms. The molecule has 12 heteroatoms. The molecule has 4 aromatic carbocycles. The van der Waals surface area contributed by atoms with E-state index in [0.717, 1.165) is 4.90 Å². The van der Waals surface area contributed by atoms with Gasteiger partial charge in [0, 0.05) is 5.69 Å². The van der Waals surface area contributed by atoms with Crippen molar-refractivity contribution in [3.63, 3.8) is 0 Å². The molecule has 1 heterocycles. The minimum Gasteiger partial charge on any atom is -0.446 e. The molecule has 1 N–H and O–H groups in total. The van der Waals surface area contributed by atoms with Crippen LogP contribution in [0.3, 0.4) is 0 Å². The molecule has 1 fully saturated rings. The maximum Gasteiger partial charge on any atom is 0.417 e. The van der Waals surface area contributed by atoms with E-state index in [0.29, 0.717) is 22.4 Å². The third-order valence-corrected chi connectivity index (χ3v) is 9.98. The predicted molar refractivity (Wildman–Crippen MR) is 203 cm³/mol. The highest BCUT2D eigenvalue weighted by atomic mass is 28.4. The summed E-state index contributed by atoms with van der Waals surface area (Å²) < 4.78 is 45.9. The maximum atomic E-state index is 15.1. The van der Waals surface area contributed by atoms with Crippen LogP contribution in [0.5, 0.6) is 5.75 Å². The molecule has 4 atom stereocenters. The summed E-state index contributed by atoms with van der Waals surface area (Å²) >= 11 is 0. The first-order chi connectivity index (χ1) is 25.5. The first-order valence-corrected chi connectivity index (χ1v) is 21.2. The molecule has 282 valence electrons. The molecule has 0 saturated carbocycles. The molecule has 9 nitrogen and oxygen atoms in total. The zero-order chi connectivity index (χ0) is 39.3. The van der Waals surface area contributed by atoms with Crippen molar-refractivity contribution in [3.05, 3.63) is 131 Å². The zero-order valence-electron chi connectivity index (χ0n) is 31.3. The van der Waals surface area contributed by atoms with Gasteiger partial charge < -0.3 is 19.2 Å². The Kier molecular flexibility index (Phi) is 12.0. The number of carbonyl (C=O) groups excluding carboxylic acids is 3. The van der Waals surface area contributed by atoms with Crippen molar-refractivity contribution in [3.8, 4) is 11.8 Å². The van der Waals surface area contributed by atoms with E-state index >= 15 is 4.79 Å². The SMILES string of the molecule is CC(C)(C)C(=O)Oc1ccc(C(Nc2ccc(F)cc2)C(CCC(C#N)(O[Si](C)(C)C)c2ccc(F)cc2)C(=O)N2C(=O)OCC2c2ccccc2)cc1. The van der Waals surface area contributed by atoms with Gasteiger partial charge in [0.15, 0.2) is 13.9 Å². The topological polar surface area (TPSA) is 118 Å². The summed E-state index contributed by atoms with van der Waals surface area (Å²) in [7, 11) is -2.47. The first kappa shape index (κ1) is 39.8. The third-order valence-electron chi connectivity index (χ3n) is 9.02. The van der Waals surface area contributed by atoms with Crippen molar-refractivity contribution in [1.29, 1.82) is 5.26 Å². The summed E-state index contributed by atoms with van der Waals surface area (Å²) in [4.78, 5) is 42.3. The number of carbonyl (C=O) groups is 3. The predicted octanol–water partition coefficient (Wildman–Crippen LogP) is 9.46. The minimum absolute atomic E-state index is 0.000831. The quantitative estimate of drug-likeness (QED) is 0.0816. The molecule has 0 radical (unpaired) electrons. The van der Waals surface area contributed by atoms with E-state index in [9.17, 15) is 23.6 Å². The molecule has 0 aliphatic carbocycles. The molecule has 2 amide bonds. The molecule has 1 saturated heterocycles. The average molecular weight is 754 g/mol. The van der Waals surface area contributed by atoms with Crippen LogP contribution in [-0.2, 0) is 24.4 Å². The highest BCUT2D eigenvalue weighted by molar-refractivity contribution is 6.69. The number of cyclic esters (lactones) is 1. The highest BCUT2D eigenvalue weighted by Gasteiger charge is 2.46. The Balaban J connectivity index is 1.63. The molecule has 0 aromatic heterocycles. The van der Waals surface area contributed by atoms with Crippen molar-refractivity contribution in [1.82, 2.24) is 4.90 Å². The Morgan fingerprint density at radius 3 is 2.07 bits per heavy atom. The van der Waals surface area contributed by atoms with Crippen molar-refractivity contribution >= 4 is 32.0 Å². The number of imide groups is 1. The van der Waals surface area contributed by atoms with E-state index in [4.69, 9.17) is 13.9 Å². The number of esters is 1. The number of nitriles is 1. The molecule has 1 aliphatic heterocycles. The Morgan fingerprint density at radius 2 is 1.52 bits per heavy atom. The zero-order valence-corrected chi connectivity index (χ0v) is 32.3. The second-order valence-electron chi connectivity index (χ2n) is 15.4.